The summed E-state index contributed by atoms with van der Waals surface area (Å²) < 4.78 is 5.84. The van der Waals surface area contributed by atoms with Crippen molar-refractivity contribution in [1.29, 1.82) is 5.26 Å². The first kappa shape index (κ1) is 17.7. The lowest BCUT2D eigenvalue weighted by Gasteiger charge is -2.40. The predicted molar refractivity (Wildman–Crippen MR) is 105 cm³/mol. The molecule has 0 N–H and O–H groups in total. The van der Waals surface area contributed by atoms with E-state index in [4.69, 9.17) is 15.0 Å². The Labute approximate surface area is 160 Å². The van der Waals surface area contributed by atoms with Gasteiger partial charge in [-0.1, -0.05) is 0 Å². The van der Waals surface area contributed by atoms with Gasteiger partial charge in [-0.15, -0.1) is 0 Å². The van der Waals surface area contributed by atoms with Crippen molar-refractivity contribution < 1.29 is 4.74 Å². The van der Waals surface area contributed by atoms with Crippen molar-refractivity contribution in [3.63, 3.8) is 0 Å². The topological polar surface area (TPSA) is 65.3 Å². The number of anilines is 2. The molecule has 1 fully saturated rings. The van der Waals surface area contributed by atoms with Crippen molar-refractivity contribution in [2.24, 2.45) is 0 Å². The van der Waals surface area contributed by atoms with Crippen LogP contribution in [0.1, 0.15) is 36.2 Å². The SMILES string of the molecule is Cc1cc(C#N)cnc1N1CCc2ncc(N3CCOC(C)(C)C3)cc2C1. The van der Waals surface area contributed by atoms with E-state index in [1.165, 1.54) is 11.3 Å². The number of nitriles is 1. The predicted octanol–water partition coefficient (Wildman–Crippen LogP) is 2.83. The third-order valence-electron chi connectivity index (χ3n) is 5.30. The quantitative estimate of drug-likeness (QED) is 0.817. The minimum Gasteiger partial charge on any atom is -0.372 e. The molecular weight excluding hydrogens is 338 g/mol. The van der Waals surface area contributed by atoms with E-state index in [0.29, 0.717) is 5.56 Å². The molecule has 6 heteroatoms. The standard InChI is InChI=1S/C21H25N5O/c1-15-8-16(10-22)11-24-20(15)25-5-4-19-17(13-25)9-18(12-23-19)26-6-7-27-21(2,3)14-26/h8-9,11-12H,4-7,13-14H2,1-3H3. The van der Waals surface area contributed by atoms with E-state index in [9.17, 15) is 0 Å². The summed E-state index contributed by atoms with van der Waals surface area (Å²) in [5.74, 6) is 0.956. The molecule has 2 aromatic heterocycles. The minimum atomic E-state index is -0.135. The van der Waals surface area contributed by atoms with Gasteiger partial charge in [0.1, 0.15) is 11.9 Å². The number of ether oxygens (including phenoxy) is 1. The molecule has 2 aliphatic rings. The van der Waals surface area contributed by atoms with Gasteiger partial charge in [-0.25, -0.2) is 4.98 Å². The van der Waals surface area contributed by atoms with E-state index in [1.807, 2.05) is 19.2 Å². The normalized spacial score (nSPS) is 18.7. The van der Waals surface area contributed by atoms with E-state index in [0.717, 1.165) is 56.3 Å². The molecule has 1 saturated heterocycles. The Hall–Kier alpha value is -2.65. The Morgan fingerprint density at radius 3 is 2.74 bits per heavy atom. The number of nitrogens with zero attached hydrogens (tertiary/aromatic N) is 5. The molecular formula is C21H25N5O. The highest BCUT2D eigenvalue weighted by Crippen LogP contribution is 2.29. The van der Waals surface area contributed by atoms with Gasteiger partial charge in [0.15, 0.2) is 0 Å². The van der Waals surface area contributed by atoms with Gasteiger partial charge in [0.05, 0.1) is 29.7 Å². The minimum absolute atomic E-state index is 0.135. The van der Waals surface area contributed by atoms with Crippen LogP contribution >= 0.6 is 0 Å². The number of pyridine rings is 2. The van der Waals surface area contributed by atoms with Gasteiger partial charge in [0, 0.05) is 44.5 Å². The molecule has 27 heavy (non-hydrogen) atoms. The summed E-state index contributed by atoms with van der Waals surface area (Å²) in [6, 6.07) is 6.34. The summed E-state index contributed by atoms with van der Waals surface area (Å²) in [5, 5.41) is 9.06. The van der Waals surface area contributed by atoms with Crippen LogP contribution in [0.5, 0.6) is 0 Å². The lowest BCUT2D eigenvalue weighted by molar-refractivity contribution is -0.0277. The number of hydrogen-bond acceptors (Lipinski definition) is 6. The van der Waals surface area contributed by atoms with E-state index in [1.54, 1.807) is 6.20 Å². The second-order valence-electron chi connectivity index (χ2n) is 7.98. The Bertz CT molecular complexity index is 902. The van der Waals surface area contributed by atoms with Crippen molar-refractivity contribution >= 4 is 11.5 Å². The molecule has 140 valence electrons. The number of aromatic nitrogens is 2. The molecule has 6 nitrogen and oxygen atoms in total. The van der Waals surface area contributed by atoms with Gasteiger partial charge < -0.3 is 14.5 Å². The average molecular weight is 363 g/mol. The molecule has 0 spiro atoms. The lowest BCUT2D eigenvalue weighted by Crippen LogP contribution is -2.48. The molecule has 0 aliphatic carbocycles. The van der Waals surface area contributed by atoms with E-state index >= 15 is 0 Å². The lowest BCUT2D eigenvalue weighted by atomic mass is 10.0. The van der Waals surface area contributed by atoms with Gasteiger partial charge >= 0.3 is 0 Å². The number of aryl methyl sites for hydroxylation is 1. The molecule has 4 heterocycles. The number of hydrogen-bond donors (Lipinski definition) is 0. The zero-order valence-corrected chi connectivity index (χ0v) is 16.2. The van der Waals surface area contributed by atoms with Crippen LogP contribution in [0.4, 0.5) is 11.5 Å². The van der Waals surface area contributed by atoms with Crippen molar-refractivity contribution in [3.8, 4) is 6.07 Å². The summed E-state index contributed by atoms with van der Waals surface area (Å²) in [7, 11) is 0. The highest BCUT2D eigenvalue weighted by atomic mass is 16.5. The molecule has 4 rings (SSSR count). The summed E-state index contributed by atoms with van der Waals surface area (Å²) in [6.07, 6.45) is 4.56. The van der Waals surface area contributed by atoms with Crippen molar-refractivity contribution in [3.05, 3.63) is 46.9 Å². The Kier molecular flexibility index (Phi) is 4.48. The first-order chi connectivity index (χ1) is 12.9. The highest BCUT2D eigenvalue weighted by molar-refractivity contribution is 5.54. The second kappa shape index (κ2) is 6.82. The molecule has 0 amide bonds. The van der Waals surface area contributed by atoms with Crippen LogP contribution in [0.25, 0.3) is 0 Å². The maximum absolute atomic E-state index is 9.06. The van der Waals surface area contributed by atoms with Crippen LogP contribution in [-0.4, -0.2) is 41.8 Å². The van der Waals surface area contributed by atoms with Gasteiger partial charge in [-0.3, -0.25) is 4.98 Å². The van der Waals surface area contributed by atoms with Crippen LogP contribution in [0.2, 0.25) is 0 Å². The molecule has 0 saturated carbocycles. The van der Waals surface area contributed by atoms with Gasteiger partial charge in [0.25, 0.3) is 0 Å². The van der Waals surface area contributed by atoms with Gasteiger partial charge in [0.2, 0.25) is 0 Å². The second-order valence-corrected chi connectivity index (χ2v) is 7.98. The van der Waals surface area contributed by atoms with E-state index < -0.39 is 0 Å². The van der Waals surface area contributed by atoms with Gasteiger partial charge in [-0.05, 0) is 44.0 Å². The van der Waals surface area contributed by atoms with Crippen LogP contribution in [0, 0.1) is 18.3 Å². The van der Waals surface area contributed by atoms with Crippen LogP contribution in [-0.2, 0) is 17.7 Å². The van der Waals surface area contributed by atoms with E-state index in [2.05, 4.69) is 40.8 Å². The highest BCUT2D eigenvalue weighted by Gasteiger charge is 2.28. The zero-order chi connectivity index (χ0) is 19.0. The van der Waals surface area contributed by atoms with Crippen LogP contribution < -0.4 is 9.80 Å². The van der Waals surface area contributed by atoms with Crippen molar-refractivity contribution in [1.82, 2.24) is 9.97 Å². The average Bonchev–Trinajstić information content (AvgIpc) is 2.66. The van der Waals surface area contributed by atoms with E-state index in [-0.39, 0.29) is 5.60 Å². The Morgan fingerprint density at radius 1 is 1.15 bits per heavy atom. The number of morpholine rings is 1. The summed E-state index contributed by atoms with van der Waals surface area (Å²) in [6.45, 7) is 10.5. The summed E-state index contributed by atoms with van der Waals surface area (Å²) in [4.78, 5) is 13.9. The Balaban J connectivity index is 1.58. The molecule has 0 unspecified atom stereocenters. The first-order valence-electron chi connectivity index (χ1n) is 9.43. The third-order valence-corrected chi connectivity index (χ3v) is 5.30. The maximum atomic E-state index is 9.06. The first-order valence-corrected chi connectivity index (χ1v) is 9.43. The Morgan fingerprint density at radius 2 is 2.00 bits per heavy atom. The maximum Gasteiger partial charge on any atom is 0.131 e. The smallest absolute Gasteiger partial charge is 0.131 e. The molecule has 2 aromatic rings. The molecule has 2 aliphatic heterocycles. The van der Waals surface area contributed by atoms with Crippen LogP contribution in [0.3, 0.4) is 0 Å². The third kappa shape index (κ3) is 3.60. The largest absolute Gasteiger partial charge is 0.372 e. The van der Waals surface area contributed by atoms with Crippen molar-refractivity contribution in [2.75, 3.05) is 36.0 Å². The zero-order valence-electron chi connectivity index (χ0n) is 16.2. The fraction of sp³-hybridized carbons (Fsp3) is 0.476. The fourth-order valence-corrected chi connectivity index (χ4v) is 3.96. The van der Waals surface area contributed by atoms with Gasteiger partial charge in [-0.2, -0.15) is 5.26 Å². The number of rotatable bonds is 2. The summed E-state index contributed by atoms with van der Waals surface area (Å²) in [5.41, 5.74) is 5.10. The molecule has 0 aromatic carbocycles. The van der Waals surface area contributed by atoms with Crippen molar-refractivity contribution in [2.45, 2.75) is 39.3 Å². The summed E-state index contributed by atoms with van der Waals surface area (Å²) >= 11 is 0. The number of fused-ring (bicyclic) bond motifs is 1. The molecule has 0 atom stereocenters. The molecule has 0 radical (unpaired) electrons. The molecule has 0 bridgehead atoms. The fourth-order valence-electron chi connectivity index (χ4n) is 3.96. The van der Waals surface area contributed by atoms with Crippen LogP contribution in [0.15, 0.2) is 24.5 Å². The monoisotopic (exact) mass is 363 g/mol.